The van der Waals surface area contributed by atoms with Crippen molar-refractivity contribution in [2.75, 3.05) is 0 Å². The first kappa shape index (κ1) is 10.4. The second kappa shape index (κ2) is 6.17. The van der Waals surface area contributed by atoms with Crippen LogP contribution in [0.15, 0.2) is 0 Å². The van der Waals surface area contributed by atoms with E-state index >= 15 is 0 Å². The molecule has 0 aromatic rings. The molecule has 62 valence electrons. The highest BCUT2D eigenvalue weighted by Gasteiger charge is 2.12. The van der Waals surface area contributed by atoms with Gasteiger partial charge in [-0.25, -0.2) is 0 Å². The average molecular weight is 209 g/mol. The summed E-state index contributed by atoms with van der Waals surface area (Å²) in [5, 5.41) is 9.40. The van der Waals surface area contributed by atoms with Gasteiger partial charge in [0.25, 0.3) is 0 Å². The molecule has 0 amide bonds. The van der Waals surface area contributed by atoms with Gasteiger partial charge >= 0.3 is 0 Å². The monoisotopic (exact) mass is 208 g/mol. The van der Waals surface area contributed by atoms with Gasteiger partial charge in [0.2, 0.25) is 0 Å². The SMILES string of the molecule is CCCC(O)C(Br)CCC. The van der Waals surface area contributed by atoms with E-state index in [9.17, 15) is 5.11 Å². The van der Waals surface area contributed by atoms with E-state index in [1.807, 2.05) is 0 Å². The van der Waals surface area contributed by atoms with Crippen molar-refractivity contribution >= 4 is 15.9 Å². The Kier molecular flexibility index (Phi) is 6.44. The summed E-state index contributed by atoms with van der Waals surface area (Å²) >= 11 is 3.45. The molecule has 0 saturated carbocycles. The van der Waals surface area contributed by atoms with Crippen LogP contribution in [-0.4, -0.2) is 16.0 Å². The van der Waals surface area contributed by atoms with E-state index in [4.69, 9.17) is 0 Å². The van der Waals surface area contributed by atoms with Crippen molar-refractivity contribution in [2.45, 2.75) is 50.5 Å². The van der Waals surface area contributed by atoms with Crippen molar-refractivity contribution in [3.05, 3.63) is 0 Å². The first-order chi connectivity index (χ1) is 4.72. The van der Waals surface area contributed by atoms with E-state index in [0.29, 0.717) is 4.83 Å². The number of aliphatic hydroxyl groups excluding tert-OH is 1. The minimum atomic E-state index is -0.148. The first-order valence-corrected chi connectivity index (χ1v) is 4.96. The number of aliphatic hydroxyl groups is 1. The summed E-state index contributed by atoms with van der Waals surface area (Å²) in [5.41, 5.74) is 0. The summed E-state index contributed by atoms with van der Waals surface area (Å²) in [6, 6.07) is 0. The van der Waals surface area contributed by atoms with Gasteiger partial charge in [-0.2, -0.15) is 0 Å². The van der Waals surface area contributed by atoms with Gasteiger partial charge in [0, 0.05) is 4.83 Å². The standard InChI is InChI=1S/C8H17BrO/c1-3-5-7(9)8(10)6-4-2/h7-8,10H,3-6H2,1-2H3. The Labute approximate surface area is 72.0 Å². The van der Waals surface area contributed by atoms with Crippen molar-refractivity contribution in [1.82, 2.24) is 0 Å². The zero-order valence-corrected chi connectivity index (χ0v) is 8.39. The molecule has 0 heterocycles. The van der Waals surface area contributed by atoms with Crippen LogP contribution in [0.3, 0.4) is 0 Å². The summed E-state index contributed by atoms with van der Waals surface area (Å²) in [4.78, 5) is 0.303. The molecule has 0 bridgehead atoms. The molecule has 10 heavy (non-hydrogen) atoms. The van der Waals surface area contributed by atoms with E-state index < -0.39 is 0 Å². The van der Waals surface area contributed by atoms with Crippen LogP contribution >= 0.6 is 15.9 Å². The average Bonchev–Trinajstić information content (AvgIpc) is 1.89. The van der Waals surface area contributed by atoms with Gasteiger partial charge in [-0.15, -0.1) is 0 Å². The highest BCUT2D eigenvalue weighted by Crippen LogP contribution is 2.15. The van der Waals surface area contributed by atoms with Crippen molar-refractivity contribution in [2.24, 2.45) is 0 Å². The molecule has 0 saturated heterocycles. The van der Waals surface area contributed by atoms with Gasteiger partial charge in [0.05, 0.1) is 6.10 Å². The summed E-state index contributed by atoms with van der Waals surface area (Å²) in [7, 11) is 0. The fraction of sp³-hybridized carbons (Fsp3) is 1.00. The molecule has 1 N–H and O–H groups in total. The molecule has 0 rings (SSSR count). The lowest BCUT2D eigenvalue weighted by molar-refractivity contribution is 0.159. The zero-order chi connectivity index (χ0) is 7.98. The summed E-state index contributed by atoms with van der Waals surface area (Å²) in [6.07, 6.45) is 4.03. The van der Waals surface area contributed by atoms with Gasteiger partial charge in [-0.1, -0.05) is 42.6 Å². The zero-order valence-electron chi connectivity index (χ0n) is 6.81. The van der Waals surface area contributed by atoms with E-state index in [0.717, 1.165) is 25.7 Å². The second-order valence-electron chi connectivity index (χ2n) is 2.66. The third-order valence-corrected chi connectivity index (χ3v) is 2.63. The molecule has 2 atom stereocenters. The lowest BCUT2D eigenvalue weighted by Crippen LogP contribution is -2.19. The molecule has 0 radical (unpaired) electrons. The molecule has 0 aromatic heterocycles. The summed E-state index contributed by atoms with van der Waals surface area (Å²) in [5.74, 6) is 0. The molecule has 1 nitrogen and oxygen atoms in total. The first-order valence-electron chi connectivity index (χ1n) is 4.04. The van der Waals surface area contributed by atoms with Crippen molar-refractivity contribution < 1.29 is 5.11 Å². The third kappa shape index (κ3) is 4.29. The van der Waals surface area contributed by atoms with Crippen LogP contribution < -0.4 is 0 Å². The lowest BCUT2D eigenvalue weighted by Gasteiger charge is -2.14. The number of halogens is 1. The Balaban J connectivity index is 3.38. The second-order valence-corrected chi connectivity index (χ2v) is 3.84. The van der Waals surface area contributed by atoms with Crippen LogP contribution in [0.5, 0.6) is 0 Å². The molecule has 0 aliphatic rings. The maximum Gasteiger partial charge on any atom is 0.0665 e. The Morgan fingerprint density at radius 3 is 2.10 bits per heavy atom. The van der Waals surface area contributed by atoms with Crippen LogP contribution in [0.25, 0.3) is 0 Å². The van der Waals surface area contributed by atoms with Crippen molar-refractivity contribution in [3.63, 3.8) is 0 Å². The normalized spacial score (nSPS) is 16.8. The van der Waals surface area contributed by atoms with Crippen LogP contribution in [0.2, 0.25) is 0 Å². The molecule has 2 unspecified atom stereocenters. The summed E-state index contributed by atoms with van der Waals surface area (Å²) in [6.45, 7) is 4.22. The Morgan fingerprint density at radius 1 is 1.20 bits per heavy atom. The van der Waals surface area contributed by atoms with Gasteiger partial charge < -0.3 is 5.11 Å². The molecular formula is C8H17BrO. The van der Waals surface area contributed by atoms with Crippen LogP contribution in [0.4, 0.5) is 0 Å². The van der Waals surface area contributed by atoms with Crippen molar-refractivity contribution in [3.8, 4) is 0 Å². The van der Waals surface area contributed by atoms with Gasteiger partial charge in [-0.05, 0) is 12.8 Å². The largest absolute Gasteiger partial charge is 0.392 e. The highest BCUT2D eigenvalue weighted by molar-refractivity contribution is 9.09. The molecule has 0 aromatic carbocycles. The number of rotatable bonds is 5. The predicted molar refractivity (Wildman–Crippen MR) is 48.5 cm³/mol. The summed E-state index contributed by atoms with van der Waals surface area (Å²) < 4.78 is 0. The fourth-order valence-corrected chi connectivity index (χ4v) is 1.67. The predicted octanol–water partition coefficient (Wildman–Crippen LogP) is 2.71. The fourth-order valence-electron chi connectivity index (χ4n) is 0.945. The number of hydrogen-bond acceptors (Lipinski definition) is 1. The number of alkyl halides is 1. The lowest BCUT2D eigenvalue weighted by atomic mass is 10.1. The van der Waals surface area contributed by atoms with E-state index in [1.54, 1.807) is 0 Å². The third-order valence-electron chi connectivity index (χ3n) is 1.57. The Hall–Kier alpha value is 0.440. The van der Waals surface area contributed by atoms with E-state index in [-0.39, 0.29) is 6.10 Å². The molecule has 0 spiro atoms. The van der Waals surface area contributed by atoms with Crippen LogP contribution in [0.1, 0.15) is 39.5 Å². The quantitative estimate of drug-likeness (QED) is 0.690. The Bertz CT molecular complexity index is 65.7. The molecule has 0 fully saturated rings. The number of hydrogen-bond donors (Lipinski definition) is 1. The smallest absolute Gasteiger partial charge is 0.0665 e. The van der Waals surface area contributed by atoms with Gasteiger partial charge in [0.1, 0.15) is 0 Å². The van der Waals surface area contributed by atoms with Crippen molar-refractivity contribution in [1.29, 1.82) is 0 Å². The van der Waals surface area contributed by atoms with E-state index in [1.165, 1.54) is 0 Å². The topological polar surface area (TPSA) is 20.2 Å². The van der Waals surface area contributed by atoms with Gasteiger partial charge in [0.15, 0.2) is 0 Å². The van der Waals surface area contributed by atoms with Crippen LogP contribution in [0, 0.1) is 0 Å². The maximum atomic E-state index is 9.40. The van der Waals surface area contributed by atoms with E-state index in [2.05, 4.69) is 29.8 Å². The van der Waals surface area contributed by atoms with Gasteiger partial charge in [-0.3, -0.25) is 0 Å². The molecule has 0 aliphatic heterocycles. The minimum Gasteiger partial charge on any atom is -0.392 e. The maximum absolute atomic E-state index is 9.40. The molecule has 0 aliphatic carbocycles. The molecule has 2 heteroatoms. The molecular weight excluding hydrogens is 192 g/mol. The highest BCUT2D eigenvalue weighted by atomic mass is 79.9. The Morgan fingerprint density at radius 2 is 1.70 bits per heavy atom. The van der Waals surface area contributed by atoms with Crippen LogP contribution in [-0.2, 0) is 0 Å². The minimum absolute atomic E-state index is 0.148.